The molecule has 38 heavy (non-hydrogen) atoms. The van der Waals surface area contributed by atoms with Crippen LogP contribution in [0.1, 0.15) is 25.0 Å². The summed E-state index contributed by atoms with van der Waals surface area (Å²) in [5, 5.41) is 12.1. The second-order valence-corrected chi connectivity index (χ2v) is 12.0. The van der Waals surface area contributed by atoms with Crippen molar-refractivity contribution in [2.45, 2.75) is 20.5 Å². The number of nitro benzene ring substituents is 1. The molecule has 1 fully saturated rings. The first-order chi connectivity index (χ1) is 18.1. The molecule has 0 bridgehead atoms. The molecule has 0 unspecified atom stereocenters. The number of rotatable bonds is 8. The van der Waals surface area contributed by atoms with Crippen LogP contribution in [0.3, 0.4) is 0 Å². The largest absolute Gasteiger partial charge is 0.487 e. The highest BCUT2D eigenvalue weighted by Crippen LogP contribution is 2.39. The zero-order chi connectivity index (χ0) is 27.4. The van der Waals surface area contributed by atoms with E-state index >= 15 is 0 Å². The van der Waals surface area contributed by atoms with Gasteiger partial charge >= 0.3 is 0 Å². The minimum atomic E-state index is -0.438. The molecule has 0 N–H and O–H groups in total. The van der Waals surface area contributed by atoms with Crippen molar-refractivity contribution in [1.29, 1.82) is 0 Å². The van der Waals surface area contributed by atoms with Crippen molar-refractivity contribution in [2.24, 2.45) is 10.9 Å². The van der Waals surface area contributed by atoms with Gasteiger partial charge in [-0.05, 0) is 115 Å². The maximum absolute atomic E-state index is 13.3. The van der Waals surface area contributed by atoms with Gasteiger partial charge in [0, 0.05) is 23.7 Å². The Labute approximate surface area is 246 Å². The molecule has 196 valence electrons. The summed E-state index contributed by atoms with van der Waals surface area (Å²) in [6.45, 7) is 4.91. The number of ether oxygens (including phenoxy) is 1. The minimum absolute atomic E-state index is 0.0289. The number of thioether (sulfide) groups is 1. The number of non-ortho nitro benzene ring substituents is 1. The Morgan fingerprint density at radius 1 is 1.11 bits per heavy atom. The number of amides is 1. The third-order valence-electron chi connectivity index (χ3n) is 5.34. The van der Waals surface area contributed by atoms with E-state index in [0.717, 1.165) is 16.8 Å². The van der Waals surface area contributed by atoms with Gasteiger partial charge < -0.3 is 4.74 Å². The van der Waals surface area contributed by atoms with Gasteiger partial charge in [0.1, 0.15) is 12.4 Å². The number of carbonyl (C=O) groups excluding carboxylic acids is 1. The Hall–Kier alpha value is -2.66. The van der Waals surface area contributed by atoms with Crippen molar-refractivity contribution >= 4 is 83.7 Å². The molecule has 1 aliphatic rings. The van der Waals surface area contributed by atoms with Crippen molar-refractivity contribution in [2.75, 3.05) is 6.54 Å². The second kappa shape index (κ2) is 12.5. The van der Waals surface area contributed by atoms with Crippen LogP contribution in [0, 0.1) is 16.0 Å². The number of hydrogen-bond donors (Lipinski definition) is 0. The minimum Gasteiger partial charge on any atom is -0.487 e. The van der Waals surface area contributed by atoms with Crippen LogP contribution in [0.5, 0.6) is 5.75 Å². The number of amidine groups is 1. The molecule has 0 aromatic heterocycles. The number of halogens is 3. The number of nitro groups is 1. The Balaban J connectivity index is 1.55. The quantitative estimate of drug-likeness (QED) is 0.135. The molecular weight excluding hydrogens is 658 g/mol. The Bertz CT molecular complexity index is 1400. The van der Waals surface area contributed by atoms with E-state index in [1.165, 1.54) is 23.9 Å². The molecule has 1 heterocycles. The molecule has 0 atom stereocenters. The van der Waals surface area contributed by atoms with E-state index in [1.54, 1.807) is 29.2 Å². The highest BCUT2D eigenvalue weighted by Gasteiger charge is 2.33. The lowest BCUT2D eigenvalue weighted by molar-refractivity contribution is -0.384. The molecule has 0 radical (unpaired) electrons. The van der Waals surface area contributed by atoms with Gasteiger partial charge in [-0.25, -0.2) is 4.99 Å². The average Bonchev–Trinajstić information content (AvgIpc) is 3.13. The summed E-state index contributed by atoms with van der Waals surface area (Å²) in [6, 6.07) is 17.1. The van der Waals surface area contributed by atoms with E-state index in [2.05, 4.69) is 45.7 Å². The lowest BCUT2D eigenvalue weighted by atomic mass is 10.2. The monoisotopic (exact) mass is 677 g/mol. The molecule has 0 aliphatic carbocycles. The lowest BCUT2D eigenvalue weighted by Gasteiger charge is -2.17. The molecule has 4 rings (SSSR count). The van der Waals surface area contributed by atoms with Crippen LogP contribution in [0.25, 0.3) is 6.08 Å². The van der Waals surface area contributed by atoms with E-state index in [9.17, 15) is 14.9 Å². The van der Waals surface area contributed by atoms with Crippen LogP contribution in [-0.2, 0) is 11.4 Å². The fourth-order valence-electron chi connectivity index (χ4n) is 3.57. The molecule has 1 aliphatic heterocycles. The highest BCUT2D eigenvalue weighted by molar-refractivity contribution is 9.11. The standard InChI is InChI=1S/C27H22Br2ClN3O4S/c1-16(2)14-32-26(34)24(38-27(32)31-20-7-5-19(30)6-8-20)13-18-11-22(28)25(23(29)12-18)37-15-17-3-9-21(10-4-17)33(35)36/h3-13,16H,14-15H2,1-2H3/b24-13-,31-27?. The molecule has 1 amide bonds. The first-order valence-corrected chi connectivity index (χ1v) is 14.3. The van der Waals surface area contributed by atoms with Gasteiger partial charge in [-0.15, -0.1) is 0 Å². The summed E-state index contributed by atoms with van der Waals surface area (Å²) in [5.74, 6) is 0.759. The van der Waals surface area contributed by atoms with Crippen molar-refractivity contribution in [3.8, 4) is 5.75 Å². The van der Waals surface area contributed by atoms with Crippen molar-refractivity contribution in [1.82, 2.24) is 4.90 Å². The topological polar surface area (TPSA) is 85.0 Å². The van der Waals surface area contributed by atoms with Crippen LogP contribution in [0.15, 0.2) is 79.5 Å². The van der Waals surface area contributed by atoms with E-state index in [4.69, 9.17) is 21.3 Å². The van der Waals surface area contributed by atoms with Crippen molar-refractivity contribution in [3.05, 3.63) is 101 Å². The highest BCUT2D eigenvalue weighted by atomic mass is 79.9. The Morgan fingerprint density at radius 2 is 1.74 bits per heavy atom. The van der Waals surface area contributed by atoms with Gasteiger partial charge in [0.25, 0.3) is 11.6 Å². The molecule has 11 heteroatoms. The fourth-order valence-corrected chi connectivity index (χ4v) is 6.15. The fraction of sp³-hybridized carbons (Fsp3) is 0.185. The Morgan fingerprint density at radius 3 is 2.32 bits per heavy atom. The summed E-state index contributed by atoms with van der Waals surface area (Å²) in [5.41, 5.74) is 2.35. The molecule has 1 saturated heterocycles. The summed E-state index contributed by atoms with van der Waals surface area (Å²) in [6.07, 6.45) is 1.83. The summed E-state index contributed by atoms with van der Waals surface area (Å²) in [7, 11) is 0. The average molecular weight is 680 g/mol. The van der Waals surface area contributed by atoms with Crippen molar-refractivity contribution < 1.29 is 14.5 Å². The third-order valence-corrected chi connectivity index (χ3v) is 7.77. The molecule has 3 aromatic rings. The third kappa shape index (κ3) is 7.05. The van der Waals surface area contributed by atoms with Crippen LogP contribution in [0.4, 0.5) is 11.4 Å². The van der Waals surface area contributed by atoms with Gasteiger partial charge in [-0.1, -0.05) is 25.4 Å². The molecule has 7 nitrogen and oxygen atoms in total. The van der Waals surface area contributed by atoms with Crippen LogP contribution < -0.4 is 4.74 Å². The molecular formula is C27H22Br2ClN3O4S. The zero-order valence-electron chi connectivity index (χ0n) is 20.4. The van der Waals surface area contributed by atoms with E-state index in [0.29, 0.717) is 36.3 Å². The van der Waals surface area contributed by atoms with Crippen molar-refractivity contribution in [3.63, 3.8) is 0 Å². The van der Waals surface area contributed by atoms with Gasteiger partial charge in [-0.3, -0.25) is 19.8 Å². The van der Waals surface area contributed by atoms with Crippen LogP contribution >= 0.6 is 55.2 Å². The smallest absolute Gasteiger partial charge is 0.269 e. The van der Waals surface area contributed by atoms with Gasteiger partial charge in [0.15, 0.2) is 5.17 Å². The number of carbonyl (C=O) groups is 1. The molecule has 0 spiro atoms. The normalized spacial score (nSPS) is 15.6. The van der Waals surface area contributed by atoms with Gasteiger partial charge in [0.2, 0.25) is 0 Å². The van der Waals surface area contributed by atoms with Gasteiger partial charge in [0.05, 0.1) is 24.5 Å². The summed E-state index contributed by atoms with van der Waals surface area (Å²) in [4.78, 5) is 30.7. The zero-order valence-corrected chi connectivity index (χ0v) is 25.1. The van der Waals surface area contributed by atoms with Gasteiger partial charge in [-0.2, -0.15) is 0 Å². The first-order valence-electron chi connectivity index (χ1n) is 11.5. The predicted molar refractivity (Wildman–Crippen MR) is 160 cm³/mol. The summed E-state index contributed by atoms with van der Waals surface area (Å²) >= 11 is 14.5. The van der Waals surface area contributed by atoms with Crippen LogP contribution in [0.2, 0.25) is 5.02 Å². The molecule has 3 aromatic carbocycles. The maximum atomic E-state index is 13.3. The van der Waals surface area contributed by atoms with E-state index in [1.807, 2.05) is 30.3 Å². The number of nitrogens with zero attached hydrogens (tertiary/aromatic N) is 3. The first kappa shape index (κ1) is 28.4. The maximum Gasteiger partial charge on any atom is 0.269 e. The van der Waals surface area contributed by atoms with E-state index < -0.39 is 4.92 Å². The Kier molecular flexibility index (Phi) is 9.30. The number of benzene rings is 3. The van der Waals surface area contributed by atoms with Crippen LogP contribution in [-0.4, -0.2) is 27.4 Å². The SMILES string of the molecule is CC(C)CN1C(=O)/C(=C/c2cc(Br)c(OCc3ccc([N+](=O)[O-])cc3)c(Br)c2)SC1=Nc1ccc(Cl)cc1. The molecule has 0 saturated carbocycles. The second-order valence-electron chi connectivity index (χ2n) is 8.82. The predicted octanol–water partition coefficient (Wildman–Crippen LogP) is 8.61. The number of aliphatic imine (C=N–C) groups is 1. The number of hydrogen-bond acceptors (Lipinski definition) is 6. The lowest BCUT2D eigenvalue weighted by Crippen LogP contribution is -2.32. The van der Waals surface area contributed by atoms with E-state index in [-0.39, 0.29) is 24.1 Å². The summed E-state index contributed by atoms with van der Waals surface area (Å²) < 4.78 is 7.36.